The molecule has 0 aliphatic heterocycles. The van der Waals surface area contributed by atoms with E-state index in [1.54, 1.807) is 0 Å². The SMILES string of the molecule is O=C1CCc2cc[c]cc2C1. The second-order valence-corrected chi connectivity index (χ2v) is 2.91. The van der Waals surface area contributed by atoms with Gasteiger partial charge in [-0.15, -0.1) is 0 Å². The Bertz CT molecular complexity index is 289. The lowest BCUT2D eigenvalue weighted by atomic mass is 9.91. The van der Waals surface area contributed by atoms with Gasteiger partial charge in [-0.3, -0.25) is 4.79 Å². The molecular weight excluding hydrogens is 136 g/mol. The van der Waals surface area contributed by atoms with Gasteiger partial charge < -0.3 is 0 Å². The van der Waals surface area contributed by atoms with Crippen LogP contribution in [0.15, 0.2) is 18.2 Å². The number of ketones is 1. The van der Waals surface area contributed by atoms with Gasteiger partial charge in [-0.05, 0) is 23.6 Å². The van der Waals surface area contributed by atoms with E-state index in [1.807, 2.05) is 12.1 Å². The highest BCUT2D eigenvalue weighted by molar-refractivity contribution is 5.83. The summed E-state index contributed by atoms with van der Waals surface area (Å²) in [4.78, 5) is 11.0. The standard InChI is InChI=1S/C10H9O/c11-10-6-5-8-3-1-2-4-9(8)7-10/h1,3-4H,5-7H2. The Morgan fingerprint density at radius 3 is 3.09 bits per heavy atom. The van der Waals surface area contributed by atoms with Crippen LogP contribution >= 0.6 is 0 Å². The highest BCUT2D eigenvalue weighted by atomic mass is 16.1. The average Bonchev–Trinajstić information content (AvgIpc) is 2.04. The molecule has 0 amide bonds. The number of Topliss-reactive ketones (excluding diaryl/α,β-unsaturated/α-hetero) is 1. The highest BCUT2D eigenvalue weighted by Crippen LogP contribution is 2.17. The van der Waals surface area contributed by atoms with Gasteiger partial charge in [0.1, 0.15) is 5.78 Å². The lowest BCUT2D eigenvalue weighted by molar-refractivity contribution is -0.118. The molecule has 1 aliphatic rings. The molecule has 2 rings (SSSR count). The maximum absolute atomic E-state index is 11.0. The molecule has 0 atom stereocenters. The first-order chi connectivity index (χ1) is 5.36. The number of carbonyl (C=O) groups excluding carboxylic acids is 1. The number of rotatable bonds is 0. The van der Waals surface area contributed by atoms with Gasteiger partial charge in [0.25, 0.3) is 0 Å². The maximum atomic E-state index is 11.0. The summed E-state index contributed by atoms with van der Waals surface area (Å²) in [6.07, 6.45) is 2.26. The molecule has 1 aliphatic carbocycles. The Hall–Kier alpha value is -1.11. The molecule has 0 saturated carbocycles. The molecule has 0 spiro atoms. The van der Waals surface area contributed by atoms with Crippen LogP contribution in [0.1, 0.15) is 17.5 Å². The van der Waals surface area contributed by atoms with Crippen molar-refractivity contribution in [2.75, 3.05) is 0 Å². The Morgan fingerprint density at radius 2 is 2.18 bits per heavy atom. The van der Waals surface area contributed by atoms with E-state index in [4.69, 9.17) is 0 Å². The summed E-state index contributed by atoms with van der Waals surface area (Å²) in [5, 5.41) is 0. The van der Waals surface area contributed by atoms with Gasteiger partial charge in [0.15, 0.2) is 0 Å². The lowest BCUT2D eigenvalue weighted by Gasteiger charge is -2.13. The van der Waals surface area contributed by atoms with Crippen molar-refractivity contribution in [3.05, 3.63) is 35.4 Å². The van der Waals surface area contributed by atoms with E-state index in [-0.39, 0.29) is 0 Å². The van der Waals surface area contributed by atoms with Gasteiger partial charge in [0.2, 0.25) is 0 Å². The first kappa shape index (κ1) is 6.59. The quantitative estimate of drug-likeness (QED) is 0.541. The van der Waals surface area contributed by atoms with Crippen molar-refractivity contribution >= 4 is 5.78 Å². The summed E-state index contributed by atoms with van der Waals surface area (Å²) in [5.41, 5.74) is 2.49. The van der Waals surface area contributed by atoms with E-state index < -0.39 is 0 Å². The number of hydrogen-bond acceptors (Lipinski definition) is 1. The van der Waals surface area contributed by atoms with Gasteiger partial charge >= 0.3 is 0 Å². The lowest BCUT2D eigenvalue weighted by Crippen LogP contribution is -2.12. The zero-order valence-electron chi connectivity index (χ0n) is 6.26. The third kappa shape index (κ3) is 1.18. The fourth-order valence-corrected chi connectivity index (χ4v) is 1.48. The molecule has 11 heavy (non-hydrogen) atoms. The average molecular weight is 145 g/mol. The van der Waals surface area contributed by atoms with Crippen LogP contribution in [0, 0.1) is 6.07 Å². The molecule has 0 N–H and O–H groups in total. The van der Waals surface area contributed by atoms with Crippen LogP contribution in [-0.2, 0) is 17.6 Å². The zero-order chi connectivity index (χ0) is 7.68. The van der Waals surface area contributed by atoms with Gasteiger partial charge in [0.05, 0.1) is 0 Å². The Labute approximate surface area is 66.0 Å². The highest BCUT2D eigenvalue weighted by Gasteiger charge is 2.13. The predicted molar refractivity (Wildman–Crippen MR) is 42.3 cm³/mol. The monoisotopic (exact) mass is 145 g/mol. The molecular formula is C10H9O. The molecule has 1 aromatic carbocycles. The van der Waals surface area contributed by atoms with E-state index in [2.05, 4.69) is 12.1 Å². The number of hydrogen-bond donors (Lipinski definition) is 0. The van der Waals surface area contributed by atoms with Crippen molar-refractivity contribution in [2.24, 2.45) is 0 Å². The molecule has 1 nitrogen and oxygen atoms in total. The van der Waals surface area contributed by atoms with Crippen molar-refractivity contribution in [1.82, 2.24) is 0 Å². The number of fused-ring (bicyclic) bond motifs is 1. The minimum Gasteiger partial charge on any atom is -0.299 e. The second-order valence-electron chi connectivity index (χ2n) is 2.91. The van der Waals surface area contributed by atoms with E-state index in [1.165, 1.54) is 11.1 Å². The van der Waals surface area contributed by atoms with Crippen LogP contribution in [0.5, 0.6) is 0 Å². The molecule has 0 heterocycles. The Balaban J connectivity index is 2.41. The predicted octanol–water partition coefficient (Wildman–Crippen LogP) is 1.54. The maximum Gasteiger partial charge on any atom is 0.137 e. The van der Waals surface area contributed by atoms with Gasteiger partial charge in [-0.25, -0.2) is 0 Å². The summed E-state index contributed by atoms with van der Waals surface area (Å²) >= 11 is 0. The summed E-state index contributed by atoms with van der Waals surface area (Å²) in [6.45, 7) is 0. The number of benzene rings is 1. The number of aryl methyl sites for hydroxylation is 1. The largest absolute Gasteiger partial charge is 0.299 e. The van der Waals surface area contributed by atoms with Crippen LogP contribution in [0.4, 0.5) is 0 Å². The van der Waals surface area contributed by atoms with Crippen molar-refractivity contribution < 1.29 is 4.79 Å². The van der Waals surface area contributed by atoms with Gasteiger partial charge in [0, 0.05) is 12.8 Å². The fraction of sp³-hybridized carbons (Fsp3) is 0.300. The van der Waals surface area contributed by atoms with Gasteiger partial charge in [-0.1, -0.05) is 18.2 Å². The minimum absolute atomic E-state index is 0.358. The van der Waals surface area contributed by atoms with E-state index >= 15 is 0 Å². The van der Waals surface area contributed by atoms with Crippen LogP contribution in [0.25, 0.3) is 0 Å². The molecule has 0 aromatic heterocycles. The summed E-state index contributed by atoms with van der Waals surface area (Å²) in [7, 11) is 0. The summed E-state index contributed by atoms with van der Waals surface area (Å²) in [5.74, 6) is 0.358. The molecule has 0 unspecified atom stereocenters. The molecule has 0 fully saturated rings. The first-order valence-corrected chi connectivity index (χ1v) is 3.86. The van der Waals surface area contributed by atoms with Crippen molar-refractivity contribution in [1.29, 1.82) is 0 Å². The third-order valence-electron chi connectivity index (χ3n) is 2.11. The topological polar surface area (TPSA) is 17.1 Å². The van der Waals surface area contributed by atoms with Gasteiger partial charge in [-0.2, -0.15) is 0 Å². The van der Waals surface area contributed by atoms with Crippen LogP contribution in [0.3, 0.4) is 0 Å². The molecule has 0 saturated heterocycles. The summed E-state index contributed by atoms with van der Waals surface area (Å²) in [6, 6.07) is 8.88. The van der Waals surface area contributed by atoms with E-state index in [0.717, 1.165) is 12.8 Å². The van der Waals surface area contributed by atoms with E-state index in [9.17, 15) is 4.79 Å². The molecule has 1 radical (unpaired) electrons. The molecule has 1 aromatic rings. The Morgan fingerprint density at radius 1 is 1.27 bits per heavy atom. The van der Waals surface area contributed by atoms with Crippen LogP contribution in [-0.4, -0.2) is 5.78 Å². The zero-order valence-corrected chi connectivity index (χ0v) is 6.26. The van der Waals surface area contributed by atoms with Crippen LogP contribution in [0.2, 0.25) is 0 Å². The molecule has 0 bridgehead atoms. The first-order valence-electron chi connectivity index (χ1n) is 3.86. The minimum atomic E-state index is 0.358. The molecule has 1 heteroatoms. The van der Waals surface area contributed by atoms with Crippen molar-refractivity contribution in [3.8, 4) is 0 Å². The second kappa shape index (κ2) is 2.50. The van der Waals surface area contributed by atoms with Crippen molar-refractivity contribution in [2.45, 2.75) is 19.3 Å². The smallest absolute Gasteiger partial charge is 0.137 e. The normalized spacial score (nSPS) is 16.2. The fourth-order valence-electron chi connectivity index (χ4n) is 1.48. The number of carbonyl (C=O) groups is 1. The van der Waals surface area contributed by atoms with Crippen molar-refractivity contribution in [3.63, 3.8) is 0 Å². The molecule has 55 valence electrons. The van der Waals surface area contributed by atoms with E-state index in [0.29, 0.717) is 12.2 Å². The third-order valence-corrected chi connectivity index (χ3v) is 2.11. The van der Waals surface area contributed by atoms with Crippen LogP contribution < -0.4 is 0 Å². The summed E-state index contributed by atoms with van der Waals surface area (Å²) < 4.78 is 0. The Kier molecular flexibility index (Phi) is 1.50.